The molecule has 2 atom stereocenters. The first-order valence-electron chi connectivity index (χ1n) is 6.61. The number of hydrogen-bond acceptors (Lipinski definition) is 3. The largest absolute Gasteiger partial charge is 0.324 e. The Morgan fingerprint density at radius 3 is 2.78 bits per heavy atom. The Morgan fingerprint density at radius 2 is 2.11 bits per heavy atom. The van der Waals surface area contributed by atoms with Crippen molar-refractivity contribution in [1.29, 1.82) is 0 Å². The Hall–Kier alpha value is -0.970. The van der Waals surface area contributed by atoms with Crippen LogP contribution in [-0.2, 0) is 0 Å². The zero-order valence-corrected chi connectivity index (χ0v) is 10.9. The SMILES string of the molecule is CC(CN1CCNCC1)C(N)c1cccc(F)c1. The van der Waals surface area contributed by atoms with Crippen molar-refractivity contribution in [2.24, 2.45) is 11.7 Å². The molecule has 18 heavy (non-hydrogen) atoms. The monoisotopic (exact) mass is 251 g/mol. The summed E-state index contributed by atoms with van der Waals surface area (Å²) in [6.07, 6.45) is 0. The predicted octanol–water partition coefficient (Wildman–Crippen LogP) is 1.37. The third-order valence-electron chi connectivity index (χ3n) is 3.60. The number of nitrogens with zero attached hydrogens (tertiary/aromatic N) is 1. The van der Waals surface area contributed by atoms with Gasteiger partial charge in [-0.3, -0.25) is 0 Å². The van der Waals surface area contributed by atoms with Crippen molar-refractivity contribution in [2.75, 3.05) is 32.7 Å². The van der Waals surface area contributed by atoms with E-state index in [2.05, 4.69) is 17.1 Å². The smallest absolute Gasteiger partial charge is 0.123 e. The summed E-state index contributed by atoms with van der Waals surface area (Å²) in [7, 11) is 0. The second-order valence-electron chi connectivity index (χ2n) is 5.11. The van der Waals surface area contributed by atoms with Gasteiger partial charge < -0.3 is 16.0 Å². The molecule has 1 aliphatic rings. The topological polar surface area (TPSA) is 41.3 Å². The van der Waals surface area contributed by atoms with Crippen molar-refractivity contribution < 1.29 is 4.39 Å². The van der Waals surface area contributed by atoms with Crippen LogP contribution in [0.5, 0.6) is 0 Å². The number of nitrogens with two attached hydrogens (primary N) is 1. The quantitative estimate of drug-likeness (QED) is 0.849. The Balaban J connectivity index is 1.93. The van der Waals surface area contributed by atoms with E-state index in [0.717, 1.165) is 38.3 Å². The molecule has 2 unspecified atom stereocenters. The van der Waals surface area contributed by atoms with Crippen LogP contribution in [0.25, 0.3) is 0 Å². The van der Waals surface area contributed by atoms with Gasteiger partial charge in [-0.1, -0.05) is 19.1 Å². The first-order valence-corrected chi connectivity index (χ1v) is 6.61. The Morgan fingerprint density at radius 1 is 1.39 bits per heavy atom. The second-order valence-corrected chi connectivity index (χ2v) is 5.11. The lowest BCUT2D eigenvalue weighted by Crippen LogP contribution is -2.46. The van der Waals surface area contributed by atoms with Gasteiger partial charge in [0, 0.05) is 38.8 Å². The molecule has 0 saturated carbocycles. The van der Waals surface area contributed by atoms with Crippen LogP contribution < -0.4 is 11.1 Å². The highest BCUT2D eigenvalue weighted by Gasteiger charge is 2.19. The average molecular weight is 251 g/mol. The van der Waals surface area contributed by atoms with E-state index in [9.17, 15) is 4.39 Å². The van der Waals surface area contributed by atoms with E-state index in [1.165, 1.54) is 6.07 Å². The van der Waals surface area contributed by atoms with E-state index >= 15 is 0 Å². The van der Waals surface area contributed by atoms with E-state index < -0.39 is 0 Å². The van der Waals surface area contributed by atoms with Gasteiger partial charge in [0.05, 0.1) is 0 Å². The molecule has 1 aromatic carbocycles. The van der Waals surface area contributed by atoms with E-state index in [1.54, 1.807) is 12.1 Å². The molecule has 0 amide bonds. The third-order valence-corrected chi connectivity index (χ3v) is 3.60. The van der Waals surface area contributed by atoms with Crippen molar-refractivity contribution in [3.05, 3.63) is 35.6 Å². The minimum Gasteiger partial charge on any atom is -0.324 e. The van der Waals surface area contributed by atoms with Gasteiger partial charge in [0.1, 0.15) is 5.82 Å². The van der Waals surface area contributed by atoms with Gasteiger partial charge in [-0.05, 0) is 23.6 Å². The van der Waals surface area contributed by atoms with Crippen LogP contribution in [0.3, 0.4) is 0 Å². The van der Waals surface area contributed by atoms with Crippen molar-refractivity contribution in [1.82, 2.24) is 10.2 Å². The minimum absolute atomic E-state index is 0.101. The molecule has 1 fully saturated rings. The molecule has 1 aliphatic heterocycles. The normalized spacial score (nSPS) is 20.6. The maximum atomic E-state index is 13.2. The summed E-state index contributed by atoms with van der Waals surface area (Å²) in [5.74, 6) is 0.113. The van der Waals surface area contributed by atoms with Crippen molar-refractivity contribution in [3.8, 4) is 0 Å². The summed E-state index contributed by atoms with van der Waals surface area (Å²) in [6.45, 7) is 7.33. The number of rotatable bonds is 4. The Labute approximate surface area is 108 Å². The zero-order chi connectivity index (χ0) is 13.0. The van der Waals surface area contributed by atoms with Gasteiger partial charge in [-0.2, -0.15) is 0 Å². The molecule has 1 heterocycles. The lowest BCUT2D eigenvalue weighted by atomic mass is 9.94. The molecule has 0 aliphatic carbocycles. The molecule has 4 heteroatoms. The maximum Gasteiger partial charge on any atom is 0.123 e. The third kappa shape index (κ3) is 3.51. The first kappa shape index (κ1) is 13.5. The fourth-order valence-corrected chi connectivity index (χ4v) is 2.46. The van der Waals surface area contributed by atoms with Crippen LogP contribution in [0.15, 0.2) is 24.3 Å². The van der Waals surface area contributed by atoms with E-state index in [-0.39, 0.29) is 11.9 Å². The molecule has 1 saturated heterocycles. The van der Waals surface area contributed by atoms with Crippen LogP contribution in [0.2, 0.25) is 0 Å². The molecule has 0 bridgehead atoms. The fraction of sp³-hybridized carbons (Fsp3) is 0.571. The molecule has 3 nitrogen and oxygen atoms in total. The Bertz CT molecular complexity index is 377. The highest BCUT2D eigenvalue weighted by Crippen LogP contribution is 2.21. The number of benzene rings is 1. The summed E-state index contributed by atoms with van der Waals surface area (Å²) in [5.41, 5.74) is 7.10. The molecule has 0 aromatic heterocycles. The van der Waals surface area contributed by atoms with Crippen LogP contribution in [0.1, 0.15) is 18.5 Å². The number of hydrogen-bond donors (Lipinski definition) is 2. The highest BCUT2D eigenvalue weighted by atomic mass is 19.1. The summed E-state index contributed by atoms with van der Waals surface area (Å²) in [6, 6.07) is 6.52. The average Bonchev–Trinajstić information content (AvgIpc) is 2.39. The van der Waals surface area contributed by atoms with Gasteiger partial charge in [-0.25, -0.2) is 4.39 Å². The summed E-state index contributed by atoms with van der Waals surface area (Å²) < 4.78 is 13.2. The minimum atomic E-state index is -0.211. The molecule has 0 spiro atoms. The van der Waals surface area contributed by atoms with Crippen LogP contribution in [0.4, 0.5) is 4.39 Å². The summed E-state index contributed by atoms with van der Waals surface area (Å²) in [5, 5.41) is 3.33. The lowest BCUT2D eigenvalue weighted by Gasteiger charge is -2.31. The molecule has 3 N–H and O–H groups in total. The number of piperazine rings is 1. The van der Waals surface area contributed by atoms with Gasteiger partial charge in [0.15, 0.2) is 0 Å². The molecule has 2 rings (SSSR count). The van der Waals surface area contributed by atoms with Gasteiger partial charge >= 0.3 is 0 Å². The van der Waals surface area contributed by atoms with Crippen molar-refractivity contribution >= 4 is 0 Å². The molecule has 100 valence electrons. The van der Waals surface area contributed by atoms with Gasteiger partial charge in [0.25, 0.3) is 0 Å². The highest BCUT2D eigenvalue weighted by molar-refractivity contribution is 5.20. The first-order chi connectivity index (χ1) is 8.66. The van der Waals surface area contributed by atoms with E-state index in [0.29, 0.717) is 5.92 Å². The predicted molar refractivity (Wildman–Crippen MR) is 71.8 cm³/mol. The van der Waals surface area contributed by atoms with Crippen LogP contribution in [-0.4, -0.2) is 37.6 Å². The summed E-state index contributed by atoms with van der Waals surface area (Å²) in [4.78, 5) is 2.42. The lowest BCUT2D eigenvalue weighted by molar-refractivity contribution is 0.199. The standard InChI is InChI=1S/C14H22FN3/c1-11(10-18-7-5-17-6-8-18)14(16)12-3-2-4-13(15)9-12/h2-4,9,11,14,17H,5-8,10,16H2,1H3. The zero-order valence-electron chi connectivity index (χ0n) is 10.9. The van der Waals surface area contributed by atoms with Crippen molar-refractivity contribution in [3.63, 3.8) is 0 Å². The van der Waals surface area contributed by atoms with Gasteiger partial charge in [-0.15, -0.1) is 0 Å². The van der Waals surface area contributed by atoms with Crippen LogP contribution in [0, 0.1) is 11.7 Å². The van der Waals surface area contributed by atoms with E-state index in [1.807, 2.05) is 6.07 Å². The van der Waals surface area contributed by atoms with Crippen molar-refractivity contribution in [2.45, 2.75) is 13.0 Å². The molecule has 0 radical (unpaired) electrons. The van der Waals surface area contributed by atoms with E-state index in [4.69, 9.17) is 5.73 Å². The molecular formula is C14H22FN3. The van der Waals surface area contributed by atoms with Crippen LogP contribution >= 0.6 is 0 Å². The fourth-order valence-electron chi connectivity index (χ4n) is 2.46. The Kier molecular flexibility index (Phi) is 4.69. The number of nitrogens with one attached hydrogen (secondary N) is 1. The molecular weight excluding hydrogens is 229 g/mol. The van der Waals surface area contributed by atoms with Gasteiger partial charge in [0.2, 0.25) is 0 Å². The second kappa shape index (κ2) is 6.27. The molecule has 1 aromatic rings. The number of halogens is 1. The maximum absolute atomic E-state index is 13.2. The summed E-state index contributed by atoms with van der Waals surface area (Å²) >= 11 is 0.